The van der Waals surface area contributed by atoms with Gasteiger partial charge in [0.2, 0.25) is 0 Å². The SMILES string of the molecule is CC1(C)O[C@H]2[C@H](CO)O[C@H](O)[C@@]2(CO)O1. The Labute approximate surface area is 87.4 Å². The Morgan fingerprint density at radius 2 is 1.93 bits per heavy atom. The first-order chi connectivity index (χ1) is 6.95. The van der Waals surface area contributed by atoms with E-state index in [1.807, 2.05) is 0 Å². The highest BCUT2D eigenvalue weighted by Gasteiger charge is 2.65. The molecule has 0 aromatic heterocycles. The molecule has 4 atom stereocenters. The summed E-state index contributed by atoms with van der Waals surface area (Å²) in [7, 11) is 0. The Morgan fingerprint density at radius 3 is 2.47 bits per heavy atom. The van der Waals surface area contributed by atoms with E-state index in [9.17, 15) is 10.2 Å². The number of aliphatic hydroxyl groups is 3. The van der Waals surface area contributed by atoms with Crippen LogP contribution in [0.2, 0.25) is 0 Å². The summed E-state index contributed by atoms with van der Waals surface area (Å²) in [6.07, 6.45) is -2.61. The van der Waals surface area contributed by atoms with Crippen LogP contribution in [-0.2, 0) is 14.2 Å². The third-order valence-corrected chi connectivity index (χ3v) is 2.81. The van der Waals surface area contributed by atoms with Crippen molar-refractivity contribution in [3.8, 4) is 0 Å². The lowest BCUT2D eigenvalue weighted by atomic mass is 9.96. The highest BCUT2D eigenvalue weighted by molar-refractivity contribution is 5.06. The lowest BCUT2D eigenvalue weighted by Crippen LogP contribution is -2.50. The fourth-order valence-electron chi connectivity index (χ4n) is 2.22. The van der Waals surface area contributed by atoms with E-state index in [2.05, 4.69) is 0 Å². The molecule has 0 aliphatic carbocycles. The number of ether oxygens (including phenoxy) is 3. The quantitative estimate of drug-likeness (QED) is 0.529. The van der Waals surface area contributed by atoms with Crippen LogP contribution in [0.25, 0.3) is 0 Å². The van der Waals surface area contributed by atoms with Gasteiger partial charge in [-0.2, -0.15) is 0 Å². The van der Waals surface area contributed by atoms with Crippen molar-refractivity contribution in [3.05, 3.63) is 0 Å². The molecule has 88 valence electrons. The highest BCUT2D eigenvalue weighted by Crippen LogP contribution is 2.45. The molecule has 3 N–H and O–H groups in total. The van der Waals surface area contributed by atoms with E-state index in [4.69, 9.17) is 19.3 Å². The maximum atomic E-state index is 9.69. The number of fused-ring (bicyclic) bond motifs is 1. The molecule has 0 saturated carbocycles. The first kappa shape index (κ1) is 11.3. The van der Waals surface area contributed by atoms with Crippen molar-refractivity contribution >= 4 is 0 Å². The van der Waals surface area contributed by atoms with Gasteiger partial charge >= 0.3 is 0 Å². The summed E-state index contributed by atoms with van der Waals surface area (Å²) in [5.74, 6) is -0.897. The monoisotopic (exact) mass is 220 g/mol. The second-order valence-electron chi connectivity index (χ2n) is 4.36. The van der Waals surface area contributed by atoms with Crippen LogP contribution in [0.15, 0.2) is 0 Å². The van der Waals surface area contributed by atoms with E-state index < -0.39 is 36.5 Å². The second-order valence-corrected chi connectivity index (χ2v) is 4.36. The zero-order valence-corrected chi connectivity index (χ0v) is 8.71. The Morgan fingerprint density at radius 1 is 1.27 bits per heavy atom. The first-order valence-corrected chi connectivity index (χ1v) is 4.88. The molecule has 0 unspecified atom stereocenters. The molecule has 2 rings (SSSR count). The molecule has 15 heavy (non-hydrogen) atoms. The Balaban J connectivity index is 2.30. The van der Waals surface area contributed by atoms with E-state index in [0.29, 0.717) is 0 Å². The third kappa shape index (κ3) is 1.49. The predicted molar refractivity (Wildman–Crippen MR) is 47.8 cm³/mol. The van der Waals surface area contributed by atoms with Gasteiger partial charge in [-0.25, -0.2) is 0 Å². The van der Waals surface area contributed by atoms with Gasteiger partial charge in [-0.3, -0.25) is 0 Å². The molecule has 2 heterocycles. The molecule has 6 heteroatoms. The fraction of sp³-hybridized carbons (Fsp3) is 1.00. The smallest absolute Gasteiger partial charge is 0.189 e. The van der Waals surface area contributed by atoms with Gasteiger partial charge in [0.25, 0.3) is 0 Å². The van der Waals surface area contributed by atoms with Crippen LogP contribution < -0.4 is 0 Å². The normalized spacial score (nSPS) is 48.2. The van der Waals surface area contributed by atoms with Crippen LogP contribution in [0.4, 0.5) is 0 Å². The van der Waals surface area contributed by atoms with Crippen LogP contribution in [0.1, 0.15) is 13.8 Å². The maximum absolute atomic E-state index is 9.69. The highest BCUT2D eigenvalue weighted by atomic mass is 16.8. The van der Waals surface area contributed by atoms with Crippen molar-refractivity contribution in [2.24, 2.45) is 0 Å². The molecule has 0 radical (unpaired) electrons. The van der Waals surface area contributed by atoms with Crippen molar-refractivity contribution < 1.29 is 29.5 Å². The summed E-state index contributed by atoms with van der Waals surface area (Å²) < 4.78 is 16.1. The largest absolute Gasteiger partial charge is 0.394 e. The predicted octanol–water partition coefficient (Wildman–Crippen LogP) is -1.42. The average molecular weight is 220 g/mol. The summed E-state index contributed by atoms with van der Waals surface area (Å²) in [4.78, 5) is 0. The summed E-state index contributed by atoms with van der Waals surface area (Å²) in [6, 6.07) is 0. The molecule has 6 nitrogen and oxygen atoms in total. The second kappa shape index (κ2) is 3.38. The van der Waals surface area contributed by atoms with Gasteiger partial charge in [0.05, 0.1) is 13.2 Å². The van der Waals surface area contributed by atoms with Crippen LogP contribution in [0.3, 0.4) is 0 Å². The number of rotatable bonds is 2. The molecular weight excluding hydrogens is 204 g/mol. The summed E-state index contributed by atoms with van der Waals surface area (Å²) in [5, 5.41) is 28.1. The summed E-state index contributed by atoms with van der Waals surface area (Å²) in [6.45, 7) is 2.66. The van der Waals surface area contributed by atoms with E-state index >= 15 is 0 Å². The molecule has 0 aromatic rings. The maximum Gasteiger partial charge on any atom is 0.189 e. The van der Waals surface area contributed by atoms with E-state index in [1.54, 1.807) is 13.8 Å². The Hall–Kier alpha value is -0.240. The standard InChI is InChI=1S/C9H16O6/c1-8(2)14-6-5(3-10)13-7(12)9(6,4-11)15-8/h5-7,10-12H,3-4H2,1-2H3/t5-,6-,7-,9-/m0/s1. The van der Waals surface area contributed by atoms with Gasteiger partial charge in [0.1, 0.15) is 12.2 Å². The fourth-order valence-corrected chi connectivity index (χ4v) is 2.22. The lowest BCUT2D eigenvalue weighted by molar-refractivity contribution is -0.254. The van der Waals surface area contributed by atoms with Crippen molar-refractivity contribution in [3.63, 3.8) is 0 Å². The lowest BCUT2D eigenvalue weighted by Gasteiger charge is -2.27. The minimum Gasteiger partial charge on any atom is -0.394 e. The summed E-state index contributed by atoms with van der Waals surface area (Å²) >= 11 is 0. The van der Waals surface area contributed by atoms with Crippen molar-refractivity contribution in [2.45, 2.75) is 43.7 Å². The summed E-state index contributed by atoms with van der Waals surface area (Å²) in [5.41, 5.74) is -1.28. The van der Waals surface area contributed by atoms with Gasteiger partial charge in [-0.05, 0) is 13.8 Å². The molecule has 2 saturated heterocycles. The van der Waals surface area contributed by atoms with E-state index in [0.717, 1.165) is 0 Å². The van der Waals surface area contributed by atoms with E-state index in [1.165, 1.54) is 0 Å². The Kier molecular flexibility index (Phi) is 2.53. The Bertz CT molecular complexity index is 255. The van der Waals surface area contributed by atoms with Gasteiger partial charge in [-0.1, -0.05) is 0 Å². The van der Waals surface area contributed by atoms with Gasteiger partial charge < -0.3 is 29.5 Å². The minimum absolute atomic E-state index is 0.289. The number of aliphatic hydroxyl groups excluding tert-OH is 3. The van der Waals surface area contributed by atoms with Crippen LogP contribution in [-0.4, -0.2) is 58.4 Å². The van der Waals surface area contributed by atoms with Crippen molar-refractivity contribution in [2.75, 3.05) is 13.2 Å². The number of hydrogen-bond acceptors (Lipinski definition) is 6. The van der Waals surface area contributed by atoms with Gasteiger partial charge in [0.15, 0.2) is 17.7 Å². The van der Waals surface area contributed by atoms with Crippen molar-refractivity contribution in [1.82, 2.24) is 0 Å². The molecule has 0 spiro atoms. The van der Waals surface area contributed by atoms with Gasteiger partial charge in [-0.15, -0.1) is 0 Å². The molecule has 2 aliphatic rings. The van der Waals surface area contributed by atoms with Crippen molar-refractivity contribution in [1.29, 1.82) is 0 Å². The van der Waals surface area contributed by atoms with Crippen LogP contribution in [0.5, 0.6) is 0 Å². The molecule has 0 bridgehead atoms. The van der Waals surface area contributed by atoms with Crippen LogP contribution >= 0.6 is 0 Å². The molecule has 0 aromatic carbocycles. The average Bonchev–Trinajstić information content (AvgIpc) is 2.58. The van der Waals surface area contributed by atoms with E-state index in [-0.39, 0.29) is 6.61 Å². The van der Waals surface area contributed by atoms with Gasteiger partial charge in [0, 0.05) is 0 Å². The molecule has 2 aliphatic heterocycles. The molecule has 0 amide bonds. The topological polar surface area (TPSA) is 88.4 Å². The minimum atomic E-state index is -1.29. The third-order valence-electron chi connectivity index (χ3n) is 2.81. The zero-order valence-electron chi connectivity index (χ0n) is 8.71. The molecular formula is C9H16O6. The van der Waals surface area contributed by atoms with Crippen LogP contribution in [0, 0.1) is 0 Å². The molecule has 2 fully saturated rings. The first-order valence-electron chi connectivity index (χ1n) is 4.88. The zero-order chi connectivity index (χ0) is 11.3. The number of hydrogen-bond donors (Lipinski definition) is 3.